The number of likely N-dealkylation sites (N-methyl/N-ethyl adjacent to an activating group) is 1. The van der Waals surface area contributed by atoms with E-state index in [0.29, 0.717) is 25.8 Å². The van der Waals surface area contributed by atoms with Crippen molar-refractivity contribution in [2.75, 3.05) is 26.2 Å². The van der Waals surface area contributed by atoms with Crippen molar-refractivity contribution >= 4 is 11.9 Å². The average Bonchev–Trinajstić information content (AvgIpc) is 2.84. The Labute approximate surface area is 109 Å². The monoisotopic (exact) mass is 256 g/mol. The molecule has 0 heterocycles. The van der Waals surface area contributed by atoms with Gasteiger partial charge in [-0.1, -0.05) is 13.8 Å². The largest absolute Gasteiger partial charge is 0.481 e. The first-order chi connectivity index (χ1) is 8.58. The van der Waals surface area contributed by atoms with Crippen LogP contribution in [-0.2, 0) is 9.59 Å². The molecule has 104 valence electrons. The van der Waals surface area contributed by atoms with E-state index in [1.807, 2.05) is 0 Å². The molecule has 1 aliphatic carbocycles. The number of nitrogens with one attached hydrogen (secondary N) is 1. The summed E-state index contributed by atoms with van der Waals surface area (Å²) >= 11 is 0. The fourth-order valence-electron chi connectivity index (χ4n) is 2.47. The SMILES string of the molecule is CCN(CC)CCNC(=O)C1CCC(C(=O)O)C1. The number of hydrogen-bond donors (Lipinski definition) is 2. The molecule has 2 unspecified atom stereocenters. The maximum atomic E-state index is 11.8. The van der Waals surface area contributed by atoms with Crippen LogP contribution in [0.25, 0.3) is 0 Å². The van der Waals surface area contributed by atoms with Gasteiger partial charge in [0.15, 0.2) is 0 Å². The van der Waals surface area contributed by atoms with E-state index in [0.717, 1.165) is 19.6 Å². The summed E-state index contributed by atoms with van der Waals surface area (Å²) in [5.74, 6) is -1.19. The van der Waals surface area contributed by atoms with Crippen LogP contribution in [0.15, 0.2) is 0 Å². The number of hydrogen-bond acceptors (Lipinski definition) is 3. The molecule has 2 N–H and O–H groups in total. The maximum absolute atomic E-state index is 11.8. The first kappa shape index (κ1) is 15.0. The normalized spacial score (nSPS) is 23.3. The summed E-state index contributed by atoms with van der Waals surface area (Å²) in [7, 11) is 0. The lowest BCUT2D eigenvalue weighted by Crippen LogP contribution is -2.37. The van der Waals surface area contributed by atoms with Gasteiger partial charge in [0.2, 0.25) is 5.91 Å². The fraction of sp³-hybridized carbons (Fsp3) is 0.846. The summed E-state index contributed by atoms with van der Waals surface area (Å²) in [4.78, 5) is 24.9. The van der Waals surface area contributed by atoms with E-state index < -0.39 is 5.97 Å². The van der Waals surface area contributed by atoms with Gasteiger partial charge < -0.3 is 15.3 Å². The Kier molecular flexibility index (Phi) is 6.12. The number of carbonyl (C=O) groups is 2. The van der Waals surface area contributed by atoms with E-state index >= 15 is 0 Å². The van der Waals surface area contributed by atoms with Gasteiger partial charge >= 0.3 is 5.97 Å². The van der Waals surface area contributed by atoms with Gasteiger partial charge in [0.1, 0.15) is 0 Å². The van der Waals surface area contributed by atoms with E-state index in [9.17, 15) is 9.59 Å². The van der Waals surface area contributed by atoms with E-state index in [-0.39, 0.29) is 17.7 Å². The van der Waals surface area contributed by atoms with E-state index in [1.165, 1.54) is 0 Å². The molecule has 1 amide bonds. The molecule has 18 heavy (non-hydrogen) atoms. The summed E-state index contributed by atoms with van der Waals surface area (Å²) in [5.41, 5.74) is 0. The lowest BCUT2D eigenvalue weighted by molar-refractivity contribution is -0.141. The number of rotatable bonds is 7. The molecule has 1 aliphatic rings. The number of aliphatic carboxylic acids is 1. The van der Waals surface area contributed by atoms with E-state index in [4.69, 9.17) is 5.11 Å². The van der Waals surface area contributed by atoms with Crippen LogP contribution in [-0.4, -0.2) is 48.1 Å². The molecule has 0 aromatic carbocycles. The number of nitrogens with zero attached hydrogens (tertiary/aromatic N) is 1. The summed E-state index contributed by atoms with van der Waals surface area (Å²) < 4.78 is 0. The minimum absolute atomic E-state index is 0.0194. The third kappa shape index (κ3) is 4.29. The predicted octanol–water partition coefficient (Wildman–Crippen LogP) is 0.945. The van der Waals surface area contributed by atoms with Crippen molar-refractivity contribution in [3.05, 3.63) is 0 Å². The molecule has 5 nitrogen and oxygen atoms in total. The smallest absolute Gasteiger partial charge is 0.306 e. The second-order valence-corrected chi connectivity index (χ2v) is 4.86. The van der Waals surface area contributed by atoms with Gasteiger partial charge in [-0.05, 0) is 32.4 Å². The molecule has 0 saturated heterocycles. The molecular weight excluding hydrogens is 232 g/mol. The van der Waals surface area contributed by atoms with E-state index in [2.05, 4.69) is 24.1 Å². The van der Waals surface area contributed by atoms with Crippen molar-refractivity contribution in [2.45, 2.75) is 33.1 Å². The molecule has 0 aromatic rings. The van der Waals surface area contributed by atoms with Crippen molar-refractivity contribution in [3.63, 3.8) is 0 Å². The number of carboxylic acid groups (broad SMARTS) is 1. The zero-order chi connectivity index (χ0) is 13.5. The summed E-state index contributed by atoms with van der Waals surface area (Å²) in [6.45, 7) is 7.66. The van der Waals surface area contributed by atoms with Crippen molar-refractivity contribution < 1.29 is 14.7 Å². The second kappa shape index (κ2) is 7.36. The Morgan fingerprint density at radius 3 is 2.33 bits per heavy atom. The number of amides is 1. The minimum atomic E-state index is -0.770. The van der Waals surface area contributed by atoms with Crippen LogP contribution in [0.1, 0.15) is 33.1 Å². The Morgan fingerprint density at radius 1 is 1.22 bits per heavy atom. The standard InChI is InChI=1S/C13H24N2O3/c1-3-15(4-2)8-7-14-12(16)10-5-6-11(9-10)13(17)18/h10-11H,3-9H2,1-2H3,(H,14,16)(H,17,18). The molecule has 0 radical (unpaired) electrons. The molecule has 0 aliphatic heterocycles. The van der Waals surface area contributed by atoms with Crippen LogP contribution < -0.4 is 5.32 Å². The summed E-state index contributed by atoms with van der Waals surface area (Å²) in [6, 6.07) is 0. The lowest BCUT2D eigenvalue weighted by atomic mass is 10.0. The summed E-state index contributed by atoms with van der Waals surface area (Å²) in [5, 5.41) is 11.8. The molecule has 0 bridgehead atoms. The first-order valence-corrected chi connectivity index (χ1v) is 6.81. The van der Waals surface area contributed by atoms with Gasteiger partial charge in [-0.15, -0.1) is 0 Å². The number of carbonyl (C=O) groups excluding carboxylic acids is 1. The van der Waals surface area contributed by atoms with Crippen LogP contribution in [0.4, 0.5) is 0 Å². The zero-order valence-electron chi connectivity index (χ0n) is 11.3. The maximum Gasteiger partial charge on any atom is 0.306 e. The summed E-state index contributed by atoms with van der Waals surface area (Å²) in [6.07, 6.45) is 1.82. The van der Waals surface area contributed by atoms with E-state index in [1.54, 1.807) is 0 Å². The molecular formula is C13H24N2O3. The molecule has 1 saturated carbocycles. The quantitative estimate of drug-likeness (QED) is 0.711. The second-order valence-electron chi connectivity index (χ2n) is 4.86. The molecule has 5 heteroatoms. The average molecular weight is 256 g/mol. The fourth-order valence-corrected chi connectivity index (χ4v) is 2.47. The minimum Gasteiger partial charge on any atom is -0.481 e. The predicted molar refractivity (Wildman–Crippen MR) is 69.3 cm³/mol. The first-order valence-electron chi connectivity index (χ1n) is 6.81. The van der Waals surface area contributed by atoms with Crippen LogP contribution >= 0.6 is 0 Å². The van der Waals surface area contributed by atoms with Gasteiger partial charge in [0.05, 0.1) is 5.92 Å². The zero-order valence-corrected chi connectivity index (χ0v) is 11.3. The third-order valence-electron chi connectivity index (χ3n) is 3.77. The highest BCUT2D eigenvalue weighted by atomic mass is 16.4. The number of carboxylic acids is 1. The van der Waals surface area contributed by atoms with Crippen LogP contribution in [0.5, 0.6) is 0 Å². The highest BCUT2D eigenvalue weighted by Crippen LogP contribution is 2.30. The Balaban J connectivity index is 2.24. The van der Waals surface area contributed by atoms with Crippen molar-refractivity contribution in [3.8, 4) is 0 Å². The topological polar surface area (TPSA) is 69.6 Å². The molecule has 0 aromatic heterocycles. The third-order valence-corrected chi connectivity index (χ3v) is 3.77. The highest BCUT2D eigenvalue weighted by Gasteiger charge is 2.33. The highest BCUT2D eigenvalue weighted by molar-refractivity contribution is 5.80. The van der Waals surface area contributed by atoms with Crippen molar-refractivity contribution in [2.24, 2.45) is 11.8 Å². The lowest BCUT2D eigenvalue weighted by Gasteiger charge is -2.18. The Morgan fingerprint density at radius 2 is 1.83 bits per heavy atom. The molecule has 0 spiro atoms. The molecule has 1 rings (SSSR count). The van der Waals surface area contributed by atoms with Gasteiger partial charge in [-0.3, -0.25) is 9.59 Å². The van der Waals surface area contributed by atoms with Crippen molar-refractivity contribution in [1.29, 1.82) is 0 Å². The van der Waals surface area contributed by atoms with Crippen molar-refractivity contribution in [1.82, 2.24) is 10.2 Å². The Bertz CT molecular complexity index is 290. The van der Waals surface area contributed by atoms with Gasteiger partial charge in [0, 0.05) is 19.0 Å². The Hall–Kier alpha value is -1.10. The van der Waals surface area contributed by atoms with Gasteiger partial charge in [0.25, 0.3) is 0 Å². The van der Waals surface area contributed by atoms with Gasteiger partial charge in [-0.2, -0.15) is 0 Å². The van der Waals surface area contributed by atoms with Crippen LogP contribution in [0.3, 0.4) is 0 Å². The van der Waals surface area contributed by atoms with Crippen LogP contribution in [0.2, 0.25) is 0 Å². The van der Waals surface area contributed by atoms with Gasteiger partial charge in [-0.25, -0.2) is 0 Å². The molecule has 1 fully saturated rings. The van der Waals surface area contributed by atoms with Crippen LogP contribution in [0, 0.1) is 11.8 Å². The molecule has 2 atom stereocenters.